The van der Waals surface area contributed by atoms with E-state index in [0.717, 1.165) is 16.8 Å². The molecule has 0 unspecified atom stereocenters. The van der Waals surface area contributed by atoms with Crippen molar-refractivity contribution in [3.05, 3.63) is 109 Å². The molecular formula is C31H29N3O6S. The first-order valence-corrected chi connectivity index (χ1v) is 13.8. The molecule has 4 aromatic rings. The van der Waals surface area contributed by atoms with E-state index in [1.54, 1.807) is 60.9 Å². The highest BCUT2D eigenvalue weighted by Crippen LogP contribution is 2.31. The molecule has 0 amide bonds. The number of thiazole rings is 1. The molecule has 0 aliphatic carbocycles. The lowest BCUT2D eigenvalue weighted by molar-refractivity contribution is -0.139. The summed E-state index contributed by atoms with van der Waals surface area (Å²) in [7, 11) is 5.23. The minimum atomic E-state index is -0.691. The third kappa shape index (κ3) is 5.38. The number of furan rings is 1. The maximum Gasteiger partial charge on any atom is 0.338 e. The minimum Gasteiger partial charge on any atom is -0.465 e. The van der Waals surface area contributed by atoms with Crippen molar-refractivity contribution < 1.29 is 23.5 Å². The smallest absolute Gasteiger partial charge is 0.338 e. The maximum atomic E-state index is 13.8. The molecule has 1 aliphatic rings. The Morgan fingerprint density at radius 3 is 2.39 bits per heavy atom. The fraction of sp³-hybridized carbons (Fsp3) is 0.226. The number of ether oxygens (including phenoxy) is 2. The summed E-state index contributed by atoms with van der Waals surface area (Å²) in [5.41, 5.74) is 3.53. The molecule has 0 radical (unpaired) electrons. The third-order valence-corrected chi connectivity index (χ3v) is 7.72. The number of hydrogen-bond donors (Lipinski definition) is 0. The zero-order valence-corrected chi connectivity index (χ0v) is 24.2. The first-order chi connectivity index (χ1) is 19.7. The molecule has 41 heavy (non-hydrogen) atoms. The zero-order valence-electron chi connectivity index (χ0n) is 23.3. The van der Waals surface area contributed by atoms with Crippen molar-refractivity contribution in [3.63, 3.8) is 0 Å². The molecule has 0 saturated heterocycles. The number of allylic oxidation sites excluding steroid dienone is 1. The lowest BCUT2D eigenvalue weighted by Gasteiger charge is -2.25. The molecule has 0 spiro atoms. The number of esters is 2. The summed E-state index contributed by atoms with van der Waals surface area (Å²) in [5.74, 6) is 0.147. The van der Waals surface area contributed by atoms with Crippen molar-refractivity contribution in [3.8, 4) is 11.3 Å². The highest BCUT2D eigenvalue weighted by Gasteiger charge is 2.33. The van der Waals surface area contributed by atoms with Crippen molar-refractivity contribution in [2.75, 3.05) is 32.7 Å². The molecule has 0 fully saturated rings. The van der Waals surface area contributed by atoms with E-state index in [1.165, 1.54) is 18.4 Å². The van der Waals surface area contributed by atoms with Gasteiger partial charge < -0.3 is 18.8 Å². The second-order valence-electron chi connectivity index (χ2n) is 9.56. The van der Waals surface area contributed by atoms with Crippen LogP contribution in [0.1, 0.15) is 41.6 Å². The lowest BCUT2D eigenvalue weighted by atomic mass is 9.95. The molecule has 2 aromatic carbocycles. The van der Waals surface area contributed by atoms with Crippen LogP contribution in [0.2, 0.25) is 0 Å². The summed E-state index contributed by atoms with van der Waals surface area (Å²) in [4.78, 5) is 45.7. The number of carbonyl (C=O) groups excluding carboxylic acids is 2. The number of rotatable bonds is 7. The summed E-state index contributed by atoms with van der Waals surface area (Å²) in [6.07, 6.45) is 1.67. The number of aromatic nitrogens is 1. The summed E-state index contributed by atoms with van der Waals surface area (Å²) >= 11 is 1.23. The standard InChI is InChI=1S/C31H29N3O6S/c1-6-39-30(37)26-18(2)32-31-34(27(26)20-11-13-22(14-12-20)33(3)4)28(35)25(41-31)17-23-15-16-24(40-23)19-7-9-21(10-8-19)29(36)38-5/h7-17,27H,6H2,1-5H3/b25-17-/t27-/m1/s1. The normalized spacial score (nSPS) is 14.9. The predicted molar refractivity (Wildman–Crippen MR) is 157 cm³/mol. The van der Waals surface area contributed by atoms with Gasteiger partial charge in [-0.1, -0.05) is 35.6 Å². The third-order valence-electron chi connectivity index (χ3n) is 6.73. The lowest BCUT2D eigenvalue weighted by Crippen LogP contribution is -2.39. The average molecular weight is 572 g/mol. The number of benzene rings is 2. The van der Waals surface area contributed by atoms with Crippen LogP contribution in [-0.4, -0.2) is 44.3 Å². The fourth-order valence-electron chi connectivity index (χ4n) is 4.66. The van der Waals surface area contributed by atoms with Gasteiger partial charge in [0.05, 0.1) is 41.1 Å². The minimum absolute atomic E-state index is 0.207. The molecule has 2 aromatic heterocycles. The highest BCUT2D eigenvalue weighted by atomic mass is 32.1. The molecule has 0 N–H and O–H groups in total. The highest BCUT2D eigenvalue weighted by molar-refractivity contribution is 7.07. The Hall–Kier alpha value is -4.70. The van der Waals surface area contributed by atoms with E-state index in [1.807, 2.05) is 43.3 Å². The van der Waals surface area contributed by atoms with Crippen molar-refractivity contribution in [2.45, 2.75) is 19.9 Å². The van der Waals surface area contributed by atoms with Gasteiger partial charge in [0.1, 0.15) is 11.5 Å². The number of methoxy groups -OCH3 is 1. The quantitative estimate of drug-likeness (QED) is 0.310. The molecule has 0 bridgehead atoms. The van der Waals surface area contributed by atoms with Crippen LogP contribution in [0, 0.1) is 0 Å². The van der Waals surface area contributed by atoms with Gasteiger partial charge in [-0.05, 0) is 55.8 Å². The van der Waals surface area contributed by atoms with Crippen LogP contribution < -0.4 is 19.8 Å². The van der Waals surface area contributed by atoms with E-state index in [-0.39, 0.29) is 12.2 Å². The van der Waals surface area contributed by atoms with Crippen LogP contribution >= 0.6 is 11.3 Å². The van der Waals surface area contributed by atoms with Gasteiger partial charge in [-0.3, -0.25) is 9.36 Å². The Kier molecular flexibility index (Phi) is 7.76. The molecular weight excluding hydrogens is 542 g/mol. The Bertz CT molecular complexity index is 1830. The number of fused-ring (bicyclic) bond motifs is 1. The van der Waals surface area contributed by atoms with Gasteiger partial charge in [0.25, 0.3) is 5.56 Å². The molecule has 10 heteroatoms. The SMILES string of the molecule is CCOC(=O)C1=C(C)N=c2s/c(=C\c3ccc(-c4ccc(C(=O)OC)cc4)o3)c(=O)n2[C@@H]1c1ccc(N(C)C)cc1. The van der Waals surface area contributed by atoms with Crippen molar-refractivity contribution in [2.24, 2.45) is 4.99 Å². The number of anilines is 1. The van der Waals surface area contributed by atoms with Gasteiger partial charge in [0, 0.05) is 31.4 Å². The van der Waals surface area contributed by atoms with E-state index < -0.39 is 18.0 Å². The molecule has 3 heterocycles. The van der Waals surface area contributed by atoms with Gasteiger partial charge >= 0.3 is 11.9 Å². The van der Waals surface area contributed by atoms with Crippen LogP contribution in [0.3, 0.4) is 0 Å². The molecule has 9 nitrogen and oxygen atoms in total. The van der Waals surface area contributed by atoms with Gasteiger partial charge in [0.15, 0.2) is 4.80 Å². The summed E-state index contributed by atoms with van der Waals surface area (Å²) in [6.45, 7) is 3.71. The average Bonchev–Trinajstić information content (AvgIpc) is 3.56. The van der Waals surface area contributed by atoms with E-state index >= 15 is 0 Å². The van der Waals surface area contributed by atoms with Crippen molar-refractivity contribution in [1.82, 2.24) is 4.57 Å². The van der Waals surface area contributed by atoms with E-state index in [9.17, 15) is 14.4 Å². The van der Waals surface area contributed by atoms with Gasteiger partial charge in [0.2, 0.25) is 0 Å². The molecule has 1 atom stereocenters. The molecule has 5 rings (SSSR count). The van der Waals surface area contributed by atoms with Crippen LogP contribution in [-0.2, 0) is 14.3 Å². The van der Waals surface area contributed by atoms with Gasteiger partial charge in [-0.15, -0.1) is 0 Å². The zero-order chi connectivity index (χ0) is 29.3. The number of carbonyl (C=O) groups is 2. The van der Waals surface area contributed by atoms with Crippen LogP contribution in [0.4, 0.5) is 5.69 Å². The summed E-state index contributed by atoms with van der Waals surface area (Å²) in [6, 6.07) is 17.5. The van der Waals surface area contributed by atoms with Crippen LogP contribution in [0.25, 0.3) is 17.4 Å². The van der Waals surface area contributed by atoms with Crippen LogP contribution in [0.15, 0.2) is 86.1 Å². The summed E-state index contributed by atoms with van der Waals surface area (Å²) in [5, 5.41) is 0. The Labute approximate surface area is 240 Å². The number of nitrogens with zero attached hydrogens (tertiary/aromatic N) is 3. The van der Waals surface area contributed by atoms with Crippen LogP contribution in [0.5, 0.6) is 0 Å². The first-order valence-electron chi connectivity index (χ1n) is 13.0. The topological polar surface area (TPSA) is 103 Å². The number of hydrogen-bond acceptors (Lipinski definition) is 9. The fourth-order valence-corrected chi connectivity index (χ4v) is 5.69. The van der Waals surface area contributed by atoms with Crippen molar-refractivity contribution in [1.29, 1.82) is 0 Å². The predicted octanol–water partition coefficient (Wildman–Crippen LogP) is 3.91. The van der Waals surface area contributed by atoms with Crippen molar-refractivity contribution >= 4 is 35.0 Å². The Morgan fingerprint density at radius 1 is 1.05 bits per heavy atom. The molecule has 0 saturated carbocycles. The molecule has 210 valence electrons. The first kappa shape index (κ1) is 27.9. The van der Waals surface area contributed by atoms with Gasteiger partial charge in [-0.25, -0.2) is 14.6 Å². The Balaban J connectivity index is 1.57. The second kappa shape index (κ2) is 11.4. The van der Waals surface area contributed by atoms with E-state index in [4.69, 9.17) is 13.9 Å². The largest absolute Gasteiger partial charge is 0.465 e. The second-order valence-corrected chi connectivity index (χ2v) is 10.6. The summed E-state index contributed by atoms with van der Waals surface area (Å²) < 4.78 is 18.1. The van der Waals surface area contributed by atoms with E-state index in [2.05, 4.69) is 4.99 Å². The molecule has 1 aliphatic heterocycles. The maximum absolute atomic E-state index is 13.8. The van der Waals surface area contributed by atoms with E-state index in [0.29, 0.717) is 37.7 Å². The Morgan fingerprint density at radius 2 is 1.76 bits per heavy atom. The van der Waals surface area contributed by atoms with Gasteiger partial charge in [-0.2, -0.15) is 0 Å². The monoisotopic (exact) mass is 571 g/mol.